The highest BCUT2D eigenvalue weighted by molar-refractivity contribution is 5.91. The number of aliphatic hydroxyl groups excluding tert-OH is 1. The predicted octanol–water partition coefficient (Wildman–Crippen LogP) is 3.16. The summed E-state index contributed by atoms with van der Waals surface area (Å²) in [7, 11) is 1.55. The summed E-state index contributed by atoms with van der Waals surface area (Å²) in [5.41, 5.74) is 2.02. The molecule has 0 saturated heterocycles. The largest absolute Gasteiger partial charge is 0.496 e. The molecule has 1 atom stereocenters. The van der Waals surface area contributed by atoms with Crippen molar-refractivity contribution in [1.82, 2.24) is 0 Å². The molecule has 0 aliphatic carbocycles. The van der Waals surface area contributed by atoms with E-state index in [1.807, 2.05) is 13.0 Å². The van der Waals surface area contributed by atoms with E-state index in [-0.39, 0.29) is 30.8 Å². The average Bonchev–Trinajstić information content (AvgIpc) is 2.56. The van der Waals surface area contributed by atoms with Crippen LogP contribution in [0.2, 0.25) is 0 Å². The number of benzene rings is 2. The fourth-order valence-electron chi connectivity index (χ4n) is 2.35. The van der Waals surface area contributed by atoms with Gasteiger partial charge in [0.1, 0.15) is 11.6 Å². The highest BCUT2D eigenvalue weighted by Crippen LogP contribution is 2.23. The van der Waals surface area contributed by atoms with Gasteiger partial charge in [0.05, 0.1) is 13.7 Å². The van der Waals surface area contributed by atoms with Crippen LogP contribution in [-0.4, -0.2) is 24.2 Å². The van der Waals surface area contributed by atoms with E-state index in [4.69, 9.17) is 4.74 Å². The number of aliphatic hydroxyl groups is 1. The quantitative estimate of drug-likeness (QED) is 0.728. The minimum Gasteiger partial charge on any atom is -0.496 e. The molecule has 0 bridgehead atoms. The van der Waals surface area contributed by atoms with Crippen LogP contribution in [0.25, 0.3) is 0 Å². The van der Waals surface area contributed by atoms with Crippen LogP contribution in [0.1, 0.15) is 18.9 Å². The SMILES string of the molecule is COc1ccc(NC(C)CC(=O)Nc2ccc(F)cc2)cc1CO. The molecule has 3 N–H and O–H groups in total. The Morgan fingerprint density at radius 3 is 2.50 bits per heavy atom. The van der Waals surface area contributed by atoms with Crippen molar-refractivity contribution in [3.05, 3.63) is 53.8 Å². The first-order valence-corrected chi connectivity index (χ1v) is 7.61. The number of hydrogen-bond donors (Lipinski definition) is 3. The zero-order valence-electron chi connectivity index (χ0n) is 13.7. The molecule has 2 rings (SSSR count). The van der Waals surface area contributed by atoms with Crippen LogP contribution < -0.4 is 15.4 Å². The van der Waals surface area contributed by atoms with Gasteiger partial charge in [-0.15, -0.1) is 0 Å². The number of halogens is 1. The molecule has 0 heterocycles. The Bertz CT molecular complexity index is 689. The van der Waals surface area contributed by atoms with E-state index in [0.717, 1.165) is 5.69 Å². The molecule has 0 aliphatic rings. The summed E-state index contributed by atoms with van der Waals surface area (Å²) < 4.78 is 18.0. The fraction of sp³-hybridized carbons (Fsp3) is 0.278. The fourth-order valence-corrected chi connectivity index (χ4v) is 2.35. The Morgan fingerprint density at radius 2 is 1.88 bits per heavy atom. The third-order valence-electron chi connectivity index (χ3n) is 3.48. The van der Waals surface area contributed by atoms with Gasteiger partial charge in [-0.1, -0.05) is 0 Å². The van der Waals surface area contributed by atoms with Crippen LogP contribution in [0, 0.1) is 5.82 Å². The summed E-state index contributed by atoms with van der Waals surface area (Å²) >= 11 is 0. The molecule has 5 nitrogen and oxygen atoms in total. The van der Waals surface area contributed by atoms with Gasteiger partial charge in [-0.3, -0.25) is 4.79 Å². The van der Waals surface area contributed by atoms with Crippen LogP contribution in [0.3, 0.4) is 0 Å². The molecule has 1 amide bonds. The topological polar surface area (TPSA) is 70.6 Å². The lowest BCUT2D eigenvalue weighted by molar-refractivity contribution is -0.116. The molecular formula is C18H21FN2O3. The van der Waals surface area contributed by atoms with Gasteiger partial charge in [-0.2, -0.15) is 0 Å². The van der Waals surface area contributed by atoms with E-state index in [9.17, 15) is 14.3 Å². The van der Waals surface area contributed by atoms with Gasteiger partial charge in [0.25, 0.3) is 0 Å². The summed E-state index contributed by atoms with van der Waals surface area (Å²) in [6.45, 7) is 1.76. The van der Waals surface area contributed by atoms with Crippen LogP contribution in [0.4, 0.5) is 15.8 Å². The predicted molar refractivity (Wildman–Crippen MR) is 91.6 cm³/mol. The Labute approximate surface area is 140 Å². The Hall–Kier alpha value is -2.60. The van der Waals surface area contributed by atoms with E-state index in [0.29, 0.717) is 17.0 Å². The van der Waals surface area contributed by atoms with Crippen molar-refractivity contribution in [1.29, 1.82) is 0 Å². The number of nitrogens with one attached hydrogen (secondary N) is 2. The summed E-state index contributed by atoms with van der Waals surface area (Å²) in [6, 6.07) is 10.9. The molecule has 1 unspecified atom stereocenters. The van der Waals surface area contributed by atoms with Gasteiger partial charge in [0.15, 0.2) is 0 Å². The van der Waals surface area contributed by atoms with Gasteiger partial charge >= 0.3 is 0 Å². The summed E-state index contributed by atoms with van der Waals surface area (Å²) in [5.74, 6) is 0.101. The molecule has 0 radical (unpaired) electrons. The van der Waals surface area contributed by atoms with Crippen LogP contribution >= 0.6 is 0 Å². The molecule has 128 valence electrons. The molecule has 0 saturated carbocycles. The second-order valence-electron chi connectivity index (χ2n) is 5.49. The Morgan fingerprint density at radius 1 is 1.21 bits per heavy atom. The molecular weight excluding hydrogens is 311 g/mol. The van der Waals surface area contributed by atoms with E-state index in [1.54, 1.807) is 19.2 Å². The van der Waals surface area contributed by atoms with Crippen molar-refractivity contribution in [2.24, 2.45) is 0 Å². The lowest BCUT2D eigenvalue weighted by atomic mass is 10.1. The summed E-state index contributed by atoms with van der Waals surface area (Å²) in [4.78, 5) is 12.0. The van der Waals surface area contributed by atoms with Crippen molar-refractivity contribution >= 4 is 17.3 Å². The molecule has 0 aliphatic heterocycles. The van der Waals surface area contributed by atoms with E-state index >= 15 is 0 Å². The first-order chi connectivity index (χ1) is 11.5. The zero-order chi connectivity index (χ0) is 17.5. The van der Waals surface area contributed by atoms with E-state index in [1.165, 1.54) is 24.3 Å². The molecule has 0 fully saturated rings. The number of hydrogen-bond acceptors (Lipinski definition) is 4. The van der Waals surface area contributed by atoms with Gasteiger partial charge < -0.3 is 20.5 Å². The number of amides is 1. The van der Waals surface area contributed by atoms with Crippen molar-refractivity contribution in [2.75, 3.05) is 17.7 Å². The smallest absolute Gasteiger partial charge is 0.226 e. The second-order valence-corrected chi connectivity index (χ2v) is 5.49. The molecule has 0 spiro atoms. The van der Waals surface area contributed by atoms with Crippen LogP contribution in [0.5, 0.6) is 5.75 Å². The van der Waals surface area contributed by atoms with Gasteiger partial charge in [0, 0.05) is 29.4 Å². The molecule has 6 heteroatoms. The summed E-state index contributed by atoms with van der Waals surface area (Å²) in [5, 5.41) is 15.3. The number of methoxy groups -OCH3 is 1. The average molecular weight is 332 g/mol. The maximum absolute atomic E-state index is 12.8. The first-order valence-electron chi connectivity index (χ1n) is 7.61. The lowest BCUT2D eigenvalue weighted by Crippen LogP contribution is -2.23. The monoisotopic (exact) mass is 332 g/mol. The number of carbonyl (C=O) groups excluding carboxylic acids is 1. The minimum atomic E-state index is -0.345. The normalized spacial score (nSPS) is 11.7. The third kappa shape index (κ3) is 4.96. The molecule has 2 aromatic rings. The maximum Gasteiger partial charge on any atom is 0.226 e. The van der Waals surface area contributed by atoms with Crippen molar-refractivity contribution in [2.45, 2.75) is 26.0 Å². The number of anilines is 2. The Balaban J connectivity index is 1.91. The standard InChI is InChI=1S/C18H21FN2O3/c1-12(9-18(23)21-15-5-3-14(19)4-6-15)20-16-7-8-17(24-2)13(10-16)11-22/h3-8,10,12,20,22H,9,11H2,1-2H3,(H,21,23). The van der Waals surface area contributed by atoms with Gasteiger partial charge in [-0.05, 0) is 49.4 Å². The van der Waals surface area contributed by atoms with Crippen LogP contribution in [-0.2, 0) is 11.4 Å². The number of ether oxygens (including phenoxy) is 1. The third-order valence-corrected chi connectivity index (χ3v) is 3.48. The zero-order valence-corrected chi connectivity index (χ0v) is 13.7. The number of carbonyl (C=O) groups is 1. The molecule has 24 heavy (non-hydrogen) atoms. The van der Waals surface area contributed by atoms with Gasteiger partial charge in [0.2, 0.25) is 5.91 Å². The lowest BCUT2D eigenvalue weighted by Gasteiger charge is -2.16. The van der Waals surface area contributed by atoms with Crippen molar-refractivity contribution < 1.29 is 19.0 Å². The van der Waals surface area contributed by atoms with E-state index in [2.05, 4.69) is 10.6 Å². The molecule has 2 aromatic carbocycles. The van der Waals surface area contributed by atoms with Crippen molar-refractivity contribution in [3.63, 3.8) is 0 Å². The second kappa shape index (κ2) is 8.31. The number of rotatable bonds is 7. The highest BCUT2D eigenvalue weighted by atomic mass is 19.1. The minimum absolute atomic E-state index is 0.120. The summed E-state index contributed by atoms with van der Waals surface area (Å²) in [6.07, 6.45) is 0.248. The molecule has 0 aromatic heterocycles. The first kappa shape index (κ1) is 17.7. The van der Waals surface area contributed by atoms with Gasteiger partial charge in [-0.25, -0.2) is 4.39 Å². The maximum atomic E-state index is 12.8. The highest BCUT2D eigenvalue weighted by Gasteiger charge is 2.11. The van der Waals surface area contributed by atoms with E-state index < -0.39 is 0 Å². The van der Waals surface area contributed by atoms with Crippen LogP contribution in [0.15, 0.2) is 42.5 Å². The van der Waals surface area contributed by atoms with Crippen molar-refractivity contribution in [3.8, 4) is 5.75 Å². The Kier molecular flexibility index (Phi) is 6.14.